The molecule has 0 aromatic rings. The summed E-state index contributed by atoms with van der Waals surface area (Å²) in [5.41, 5.74) is 0. The molecule has 1 heterocycles. The van der Waals surface area contributed by atoms with Crippen molar-refractivity contribution in [2.45, 2.75) is 223 Å². The number of carbonyl (C=O) groups is 1. The summed E-state index contributed by atoms with van der Waals surface area (Å²) in [7, 11) is 0. The summed E-state index contributed by atoms with van der Waals surface area (Å²) >= 11 is 0. The maximum Gasteiger partial charge on any atom is 0.249 e. The molecule has 10 heteroatoms. The lowest BCUT2D eigenvalue weighted by Gasteiger charge is -2.40. The molecule has 1 amide bonds. The van der Waals surface area contributed by atoms with Crippen molar-refractivity contribution in [2.75, 3.05) is 13.2 Å². The van der Waals surface area contributed by atoms with Gasteiger partial charge in [-0.2, -0.15) is 0 Å². The van der Waals surface area contributed by atoms with E-state index in [9.17, 15) is 35.4 Å². The van der Waals surface area contributed by atoms with Crippen LogP contribution in [0.15, 0.2) is 48.6 Å². The third-order valence-electron chi connectivity index (χ3n) is 10.5. The molecule has 8 atom stereocenters. The summed E-state index contributed by atoms with van der Waals surface area (Å²) in [4.78, 5) is 13.0. The first-order chi connectivity index (χ1) is 27.3. The van der Waals surface area contributed by atoms with Gasteiger partial charge in [-0.1, -0.05) is 152 Å². The Morgan fingerprint density at radius 2 is 1.05 bits per heavy atom. The molecule has 0 radical (unpaired) electrons. The van der Waals surface area contributed by atoms with E-state index in [1.807, 2.05) is 6.08 Å². The van der Waals surface area contributed by atoms with Crippen LogP contribution in [0.3, 0.4) is 0 Å². The van der Waals surface area contributed by atoms with E-state index in [-0.39, 0.29) is 6.61 Å². The minimum Gasteiger partial charge on any atom is -0.394 e. The van der Waals surface area contributed by atoms with Gasteiger partial charge in [-0.15, -0.1) is 0 Å². The molecular formula is C46H83NO9. The molecule has 0 spiro atoms. The van der Waals surface area contributed by atoms with Crippen LogP contribution in [0.4, 0.5) is 0 Å². The molecule has 7 N–H and O–H groups in total. The number of hydrogen-bond donors (Lipinski definition) is 7. The highest BCUT2D eigenvalue weighted by atomic mass is 16.7. The van der Waals surface area contributed by atoms with Crippen molar-refractivity contribution in [3.05, 3.63) is 48.6 Å². The molecule has 1 rings (SSSR count). The largest absolute Gasteiger partial charge is 0.394 e. The number of ether oxygens (including phenoxy) is 2. The van der Waals surface area contributed by atoms with E-state index in [0.29, 0.717) is 19.3 Å². The fourth-order valence-electron chi connectivity index (χ4n) is 6.72. The Morgan fingerprint density at radius 3 is 1.57 bits per heavy atom. The topological polar surface area (TPSA) is 169 Å². The number of rotatable bonds is 36. The Labute approximate surface area is 340 Å². The Kier molecular flexibility index (Phi) is 33.7. The van der Waals surface area contributed by atoms with Crippen LogP contribution in [0, 0.1) is 0 Å². The minimum absolute atomic E-state index is 0.292. The van der Waals surface area contributed by atoms with Crippen molar-refractivity contribution in [3.8, 4) is 0 Å². The smallest absolute Gasteiger partial charge is 0.249 e. The summed E-state index contributed by atoms with van der Waals surface area (Å²) in [6.45, 7) is 3.54. The van der Waals surface area contributed by atoms with Gasteiger partial charge in [0.2, 0.25) is 5.91 Å². The van der Waals surface area contributed by atoms with Gasteiger partial charge in [-0.05, 0) is 70.6 Å². The highest BCUT2D eigenvalue weighted by Crippen LogP contribution is 2.22. The molecule has 0 aromatic heterocycles. The van der Waals surface area contributed by atoms with Crippen molar-refractivity contribution >= 4 is 5.91 Å². The Morgan fingerprint density at radius 1 is 0.607 bits per heavy atom. The third kappa shape index (κ3) is 26.2. The first-order valence-electron chi connectivity index (χ1n) is 22.5. The van der Waals surface area contributed by atoms with Crippen molar-refractivity contribution in [1.29, 1.82) is 0 Å². The van der Waals surface area contributed by atoms with Crippen molar-refractivity contribution in [3.63, 3.8) is 0 Å². The zero-order chi connectivity index (χ0) is 41.1. The summed E-state index contributed by atoms with van der Waals surface area (Å²) in [5.74, 6) is -0.638. The Hall–Kier alpha value is -1.89. The van der Waals surface area contributed by atoms with Crippen LogP contribution in [-0.4, -0.2) is 98.7 Å². The van der Waals surface area contributed by atoms with E-state index in [2.05, 4.69) is 55.6 Å². The molecule has 10 nitrogen and oxygen atoms in total. The lowest BCUT2D eigenvalue weighted by Crippen LogP contribution is -2.60. The molecule has 1 saturated heterocycles. The molecule has 8 unspecified atom stereocenters. The second-order valence-corrected chi connectivity index (χ2v) is 15.6. The third-order valence-corrected chi connectivity index (χ3v) is 10.5. The van der Waals surface area contributed by atoms with Gasteiger partial charge in [-0.3, -0.25) is 4.79 Å². The molecule has 326 valence electrons. The number of aliphatic hydroxyl groups is 6. The van der Waals surface area contributed by atoms with Gasteiger partial charge in [0.15, 0.2) is 6.29 Å². The molecule has 1 aliphatic heterocycles. The second kappa shape index (κ2) is 36.2. The molecular weight excluding hydrogens is 711 g/mol. The lowest BCUT2D eigenvalue weighted by atomic mass is 9.99. The summed E-state index contributed by atoms with van der Waals surface area (Å²) in [6.07, 6.45) is 34.8. The highest BCUT2D eigenvalue weighted by Gasteiger charge is 2.44. The monoisotopic (exact) mass is 794 g/mol. The van der Waals surface area contributed by atoms with Gasteiger partial charge >= 0.3 is 0 Å². The predicted octanol–water partition coefficient (Wildman–Crippen LogP) is 8.03. The van der Waals surface area contributed by atoms with Gasteiger partial charge in [0.1, 0.15) is 30.5 Å². The normalized spacial score (nSPS) is 22.2. The lowest BCUT2D eigenvalue weighted by molar-refractivity contribution is -0.302. The summed E-state index contributed by atoms with van der Waals surface area (Å²) in [5, 5.41) is 64.5. The fourth-order valence-corrected chi connectivity index (χ4v) is 6.72. The van der Waals surface area contributed by atoms with E-state index in [1.54, 1.807) is 6.08 Å². The number of amides is 1. The summed E-state index contributed by atoms with van der Waals surface area (Å²) < 4.78 is 11.1. The van der Waals surface area contributed by atoms with Crippen molar-refractivity contribution in [2.24, 2.45) is 0 Å². The average Bonchev–Trinajstić information content (AvgIpc) is 3.20. The average molecular weight is 794 g/mol. The quantitative estimate of drug-likeness (QED) is 0.0245. The number of carbonyl (C=O) groups excluding carboxylic acids is 1. The Bertz CT molecular complexity index is 1030. The van der Waals surface area contributed by atoms with E-state index >= 15 is 0 Å². The van der Waals surface area contributed by atoms with Gasteiger partial charge < -0.3 is 45.4 Å². The van der Waals surface area contributed by atoms with Gasteiger partial charge in [0.05, 0.1) is 25.4 Å². The first kappa shape index (κ1) is 52.1. The van der Waals surface area contributed by atoms with Crippen LogP contribution < -0.4 is 5.32 Å². The zero-order valence-electron chi connectivity index (χ0n) is 35.2. The number of unbranched alkanes of at least 4 members (excludes halogenated alkanes) is 19. The minimum atomic E-state index is -1.62. The fraction of sp³-hybridized carbons (Fsp3) is 0.804. The van der Waals surface area contributed by atoms with Crippen LogP contribution in [0.25, 0.3) is 0 Å². The number of allylic oxidation sites excluding steroid dienone is 7. The SMILES string of the molecule is CCCCCC/C=C\CCCCCCCCC(O)C(=O)NC(COC1OC(CO)C(O)C(O)C1O)C(O)/C=C/CC/C=C/CC/C=C/CCCCCCCCC. The molecule has 0 bridgehead atoms. The van der Waals surface area contributed by atoms with E-state index in [0.717, 1.165) is 57.8 Å². The van der Waals surface area contributed by atoms with E-state index in [1.165, 1.54) is 83.5 Å². The second-order valence-electron chi connectivity index (χ2n) is 15.6. The molecule has 0 aliphatic carbocycles. The summed E-state index contributed by atoms with van der Waals surface area (Å²) in [6, 6.07) is -1.01. The van der Waals surface area contributed by atoms with Gasteiger partial charge in [-0.25, -0.2) is 0 Å². The van der Waals surface area contributed by atoms with Crippen LogP contribution in [0.2, 0.25) is 0 Å². The molecule has 0 aromatic carbocycles. The zero-order valence-corrected chi connectivity index (χ0v) is 35.2. The molecule has 0 saturated carbocycles. The predicted molar refractivity (Wildman–Crippen MR) is 227 cm³/mol. The van der Waals surface area contributed by atoms with Gasteiger partial charge in [0, 0.05) is 0 Å². The van der Waals surface area contributed by atoms with Crippen molar-refractivity contribution in [1.82, 2.24) is 5.32 Å². The van der Waals surface area contributed by atoms with E-state index < -0.39 is 61.5 Å². The molecule has 1 fully saturated rings. The van der Waals surface area contributed by atoms with Crippen LogP contribution in [0.1, 0.15) is 174 Å². The molecule has 1 aliphatic rings. The first-order valence-corrected chi connectivity index (χ1v) is 22.5. The standard InChI is InChI=1S/C46H83NO9/c1-3-5-7-9-11-13-15-17-19-20-21-23-24-26-28-30-32-34-39(49)38(37-55-46-44(53)43(52)42(51)41(36-48)56-46)47-45(54)40(50)35-33-31-29-27-25-22-18-16-14-12-10-8-6-4-2/h14,16,19-20,24,26,32,34,38-44,46,48-53H,3-13,15,17-18,21-23,25,27-31,33,35-37H2,1-2H3,(H,47,54)/b16-14-,20-19+,26-24+,34-32+. The maximum absolute atomic E-state index is 13.0. The highest BCUT2D eigenvalue weighted by molar-refractivity contribution is 5.80. The van der Waals surface area contributed by atoms with Crippen molar-refractivity contribution < 1.29 is 44.9 Å². The number of aliphatic hydroxyl groups excluding tert-OH is 6. The van der Waals surface area contributed by atoms with Crippen LogP contribution in [-0.2, 0) is 14.3 Å². The molecule has 56 heavy (non-hydrogen) atoms. The number of hydrogen-bond acceptors (Lipinski definition) is 9. The van der Waals surface area contributed by atoms with Gasteiger partial charge in [0.25, 0.3) is 0 Å². The number of nitrogens with one attached hydrogen (secondary N) is 1. The van der Waals surface area contributed by atoms with E-state index in [4.69, 9.17) is 9.47 Å². The maximum atomic E-state index is 13.0. The van der Waals surface area contributed by atoms with Crippen LogP contribution >= 0.6 is 0 Å². The van der Waals surface area contributed by atoms with Crippen LogP contribution in [0.5, 0.6) is 0 Å². The Balaban J connectivity index is 2.49.